The fraction of sp³-hybridized carbons (Fsp3) is 0.160. The number of benzene rings is 1. The smallest absolute Gasteiger partial charge is 0.383 e. The number of fused-ring (bicyclic) bond motifs is 4. The number of hydrogen-bond donors (Lipinski definition) is 1. The van der Waals surface area contributed by atoms with Crippen LogP contribution in [0.3, 0.4) is 0 Å². The summed E-state index contributed by atoms with van der Waals surface area (Å²) in [4.78, 5) is 24.2. The second kappa shape index (κ2) is 8.30. The van der Waals surface area contributed by atoms with E-state index in [-0.39, 0.29) is 12.5 Å². The van der Waals surface area contributed by atoms with Gasteiger partial charge in [-0.05, 0) is 30.3 Å². The van der Waals surface area contributed by atoms with Crippen LogP contribution >= 0.6 is 0 Å². The summed E-state index contributed by atoms with van der Waals surface area (Å²) in [5.74, 6) is -0.00253. The Morgan fingerprint density at radius 3 is 2.55 bits per heavy atom. The SMILES string of the molecule is Cn1cc(N(Cc2cn3cc(C(F)(F)F)ccc3n2)C(=O)c2ccc3nc(N)c4cnn(C)c4c3c2)cn1. The number of alkyl halides is 3. The quantitative estimate of drug-likeness (QED) is 0.378. The van der Waals surface area contributed by atoms with E-state index >= 15 is 0 Å². The van der Waals surface area contributed by atoms with Gasteiger partial charge in [-0.2, -0.15) is 23.4 Å². The summed E-state index contributed by atoms with van der Waals surface area (Å²) in [6, 6.07) is 7.38. The Morgan fingerprint density at radius 1 is 1.00 bits per heavy atom. The van der Waals surface area contributed by atoms with Crippen molar-refractivity contribution in [2.75, 3.05) is 10.6 Å². The largest absolute Gasteiger partial charge is 0.417 e. The molecule has 0 atom stereocenters. The molecule has 0 aliphatic rings. The van der Waals surface area contributed by atoms with Gasteiger partial charge in [0, 0.05) is 43.6 Å². The predicted molar refractivity (Wildman–Crippen MR) is 134 cm³/mol. The van der Waals surface area contributed by atoms with E-state index in [0.29, 0.717) is 44.7 Å². The van der Waals surface area contributed by atoms with Crippen molar-refractivity contribution in [3.8, 4) is 0 Å². The van der Waals surface area contributed by atoms with Gasteiger partial charge in [0.25, 0.3) is 5.91 Å². The highest BCUT2D eigenvalue weighted by Crippen LogP contribution is 2.31. The normalized spacial score (nSPS) is 12.1. The summed E-state index contributed by atoms with van der Waals surface area (Å²) in [6.07, 6.45) is 2.82. The maximum absolute atomic E-state index is 13.9. The molecule has 5 aromatic heterocycles. The molecule has 0 unspecified atom stereocenters. The fourth-order valence-corrected chi connectivity index (χ4v) is 4.52. The van der Waals surface area contributed by atoms with Crippen LogP contribution < -0.4 is 10.6 Å². The van der Waals surface area contributed by atoms with Crippen LogP contribution in [0, 0.1) is 0 Å². The first-order chi connectivity index (χ1) is 18.1. The van der Waals surface area contributed by atoms with Crippen LogP contribution in [0.2, 0.25) is 0 Å². The van der Waals surface area contributed by atoms with Gasteiger partial charge in [0.05, 0.1) is 52.3 Å². The molecule has 1 aromatic carbocycles. The number of hydrogen-bond acceptors (Lipinski definition) is 6. The molecule has 6 rings (SSSR count). The number of rotatable bonds is 4. The molecule has 0 fully saturated rings. The minimum atomic E-state index is -4.48. The van der Waals surface area contributed by atoms with E-state index in [1.165, 1.54) is 27.8 Å². The van der Waals surface area contributed by atoms with E-state index < -0.39 is 11.7 Å². The monoisotopic (exact) mass is 519 g/mol. The number of nitrogen functional groups attached to an aromatic ring is 1. The third-order valence-corrected chi connectivity index (χ3v) is 6.35. The second-order valence-corrected chi connectivity index (χ2v) is 8.94. The zero-order chi connectivity index (χ0) is 26.8. The minimum Gasteiger partial charge on any atom is -0.383 e. The molecule has 0 saturated heterocycles. The van der Waals surface area contributed by atoms with Gasteiger partial charge in [0.1, 0.15) is 11.5 Å². The van der Waals surface area contributed by atoms with Crippen LogP contribution in [0.4, 0.5) is 24.7 Å². The molecule has 0 spiro atoms. The topological polar surface area (TPSA) is 112 Å². The van der Waals surface area contributed by atoms with Crippen molar-refractivity contribution in [2.24, 2.45) is 14.1 Å². The standard InChI is InChI=1S/C25H20F3N9O/c1-34-13-17(8-30-34)37(12-16-11-36-10-15(25(26,27)28)4-6-21(36)32-16)24(38)14-3-5-20-18(7-14)22-19(23(29)33-20)9-31-35(22)2/h3-11,13H,12H2,1-2H3,(H2,29,33). The number of nitrogens with zero attached hydrogens (tertiary/aromatic N) is 8. The first kappa shape index (κ1) is 23.5. The molecule has 6 aromatic rings. The zero-order valence-electron chi connectivity index (χ0n) is 20.2. The van der Waals surface area contributed by atoms with E-state index in [0.717, 1.165) is 17.8 Å². The average molecular weight is 519 g/mol. The summed E-state index contributed by atoms with van der Waals surface area (Å²) in [6.45, 7) is 0.00665. The van der Waals surface area contributed by atoms with Crippen LogP contribution in [0.5, 0.6) is 0 Å². The molecular weight excluding hydrogens is 499 g/mol. The molecule has 5 heterocycles. The van der Waals surface area contributed by atoms with Crippen LogP contribution in [-0.2, 0) is 26.8 Å². The summed E-state index contributed by atoms with van der Waals surface area (Å²) in [5, 5.41) is 9.84. The van der Waals surface area contributed by atoms with Crippen LogP contribution in [0.1, 0.15) is 21.6 Å². The molecular formula is C25H20F3N9O. The second-order valence-electron chi connectivity index (χ2n) is 8.94. The van der Waals surface area contributed by atoms with E-state index in [2.05, 4.69) is 20.2 Å². The lowest BCUT2D eigenvalue weighted by Crippen LogP contribution is -2.30. The summed E-state index contributed by atoms with van der Waals surface area (Å²) in [5.41, 5.74) is 8.28. The average Bonchev–Trinajstić information content (AvgIpc) is 3.59. The summed E-state index contributed by atoms with van der Waals surface area (Å²) in [7, 11) is 3.51. The Hall–Kier alpha value is -4.94. The van der Waals surface area contributed by atoms with Gasteiger partial charge in [-0.3, -0.25) is 19.1 Å². The Bertz CT molecular complexity index is 1870. The molecule has 1 amide bonds. The van der Waals surface area contributed by atoms with Gasteiger partial charge in [-0.15, -0.1) is 0 Å². The van der Waals surface area contributed by atoms with Gasteiger partial charge < -0.3 is 10.1 Å². The first-order valence-corrected chi connectivity index (χ1v) is 11.4. The number of carbonyl (C=O) groups excluding carboxylic acids is 1. The third-order valence-electron chi connectivity index (χ3n) is 6.35. The molecule has 0 aliphatic carbocycles. The number of anilines is 2. The molecule has 0 aliphatic heterocycles. The number of aryl methyl sites for hydroxylation is 2. The number of aromatic nitrogens is 7. The molecule has 2 N–H and O–H groups in total. The van der Waals surface area contributed by atoms with Crippen molar-refractivity contribution in [3.63, 3.8) is 0 Å². The van der Waals surface area contributed by atoms with Crippen LogP contribution in [0.25, 0.3) is 27.5 Å². The van der Waals surface area contributed by atoms with Crippen LogP contribution in [-0.4, -0.2) is 39.8 Å². The molecule has 10 nitrogen and oxygen atoms in total. The summed E-state index contributed by atoms with van der Waals surface area (Å²) >= 11 is 0. The van der Waals surface area contributed by atoms with Gasteiger partial charge in [0.2, 0.25) is 0 Å². The number of imidazole rings is 1. The van der Waals surface area contributed by atoms with Crippen molar-refractivity contribution >= 4 is 44.9 Å². The first-order valence-electron chi connectivity index (χ1n) is 11.4. The maximum atomic E-state index is 13.9. The van der Waals surface area contributed by atoms with Gasteiger partial charge in [-0.1, -0.05) is 0 Å². The maximum Gasteiger partial charge on any atom is 0.417 e. The van der Waals surface area contributed by atoms with E-state index in [1.807, 2.05) is 0 Å². The lowest BCUT2D eigenvalue weighted by atomic mass is 10.1. The zero-order valence-corrected chi connectivity index (χ0v) is 20.2. The van der Waals surface area contributed by atoms with Crippen molar-refractivity contribution in [1.82, 2.24) is 33.9 Å². The Kier molecular flexibility index (Phi) is 5.12. The minimum absolute atomic E-state index is 0.00665. The van der Waals surface area contributed by atoms with E-state index in [1.54, 1.807) is 54.1 Å². The molecule has 38 heavy (non-hydrogen) atoms. The van der Waals surface area contributed by atoms with Crippen LogP contribution in [0.15, 0.2) is 61.3 Å². The van der Waals surface area contributed by atoms with Gasteiger partial charge in [0.15, 0.2) is 0 Å². The Morgan fingerprint density at radius 2 is 1.82 bits per heavy atom. The Balaban J connectivity index is 1.42. The van der Waals surface area contributed by atoms with E-state index in [4.69, 9.17) is 5.73 Å². The lowest BCUT2D eigenvalue weighted by molar-refractivity contribution is -0.137. The number of amides is 1. The predicted octanol–water partition coefficient (Wildman–Crippen LogP) is 3.95. The third kappa shape index (κ3) is 3.88. The van der Waals surface area contributed by atoms with Crippen molar-refractivity contribution in [2.45, 2.75) is 12.7 Å². The van der Waals surface area contributed by atoms with E-state index in [9.17, 15) is 18.0 Å². The fourth-order valence-electron chi connectivity index (χ4n) is 4.52. The summed E-state index contributed by atoms with van der Waals surface area (Å²) < 4.78 is 44.0. The van der Waals surface area contributed by atoms with Gasteiger partial charge >= 0.3 is 6.18 Å². The molecule has 13 heteroatoms. The van der Waals surface area contributed by atoms with Crippen molar-refractivity contribution < 1.29 is 18.0 Å². The van der Waals surface area contributed by atoms with Gasteiger partial charge in [-0.25, -0.2) is 9.97 Å². The number of halogens is 3. The highest BCUT2D eigenvalue weighted by atomic mass is 19.4. The molecule has 0 saturated carbocycles. The molecule has 0 radical (unpaired) electrons. The highest BCUT2D eigenvalue weighted by molar-refractivity contribution is 6.12. The highest BCUT2D eigenvalue weighted by Gasteiger charge is 2.31. The Labute approximate surface area is 212 Å². The lowest BCUT2D eigenvalue weighted by Gasteiger charge is -2.20. The molecule has 192 valence electrons. The number of nitrogens with two attached hydrogens (primary N) is 1. The van der Waals surface area contributed by atoms with Crippen molar-refractivity contribution in [3.05, 3.63) is 78.1 Å². The van der Waals surface area contributed by atoms with Crippen molar-refractivity contribution in [1.29, 1.82) is 0 Å². The number of pyridine rings is 2. The number of carbonyl (C=O) groups is 1. The molecule has 0 bridgehead atoms.